The fraction of sp³-hybridized carbons (Fsp3) is 0.261. The van der Waals surface area contributed by atoms with E-state index in [9.17, 15) is 13.2 Å². The van der Waals surface area contributed by atoms with Crippen LogP contribution in [0.4, 0.5) is 5.69 Å². The smallest absolute Gasteiger partial charge is 0.275 e. The van der Waals surface area contributed by atoms with Crippen molar-refractivity contribution in [3.05, 3.63) is 65.2 Å². The summed E-state index contributed by atoms with van der Waals surface area (Å²) in [5.74, 6) is 0.521. The first-order valence-corrected chi connectivity index (χ1v) is 12.7. The van der Waals surface area contributed by atoms with Crippen LogP contribution in [0.1, 0.15) is 48.7 Å². The molecule has 0 bridgehead atoms. The third-order valence-electron chi connectivity index (χ3n) is 5.09. The number of hydrogen-bond donors (Lipinski definition) is 2. The molecule has 2 heterocycles. The number of benzene rings is 2. The molecule has 0 saturated carbocycles. The summed E-state index contributed by atoms with van der Waals surface area (Å²) in [5.41, 5.74) is 2.85. The lowest BCUT2D eigenvalue weighted by Crippen LogP contribution is -2.29. The Bertz CT molecular complexity index is 1260. The molecule has 0 atom stereocenters. The molecule has 7 nitrogen and oxygen atoms in total. The van der Waals surface area contributed by atoms with Gasteiger partial charge in [-0.05, 0) is 36.1 Å². The third-order valence-corrected chi connectivity index (χ3v) is 7.36. The van der Waals surface area contributed by atoms with Gasteiger partial charge in [-0.15, -0.1) is 11.3 Å². The summed E-state index contributed by atoms with van der Waals surface area (Å²) >= 11 is 1.39. The Morgan fingerprint density at radius 2 is 1.91 bits per heavy atom. The average Bonchev–Trinajstić information content (AvgIpc) is 3.46. The maximum atomic E-state index is 12.7. The number of nitrogens with zero attached hydrogens (tertiary/aromatic N) is 2. The van der Waals surface area contributed by atoms with E-state index in [2.05, 4.69) is 46.0 Å². The van der Waals surface area contributed by atoms with Gasteiger partial charge in [-0.1, -0.05) is 44.2 Å². The fourth-order valence-electron chi connectivity index (χ4n) is 3.29. The Hall–Kier alpha value is -3.04. The zero-order valence-corrected chi connectivity index (χ0v) is 19.5. The Balaban J connectivity index is 1.47. The molecule has 166 valence electrons. The number of carbonyl (C=O) groups excluding carboxylic acids is 1. The van der Waals surface area contributed by atoms with Crippen LogP contribution in [-0.2, 0) is 10.0 Å². The highest BCUT2D eigenvalue weighted by Gasteiger charge is 2.19. The number of amides is 1. The molecule has 2 aromatic carbocycles. The van der Waals surface area contributed by atoms with Gasteiger partial charge in [0.1, 0.15) is 16.5 Å². The lowest BCUT2D eigenvalue weighted by molar-refractivity contribution is 0.102. The second kappa shape index (κ2) is 9.22. The highest BCUT2D eigenvalue weighted by Crippen LogP contribution is 2.26. The van der Waals surface area contributed by atoms with Crippen LogP contribution in [0.3, 0.4) is 0 Å². The summed E-state index contributed by atoms with van der Waals surface area (Å²) in [6.07, 6.45) is 1.45. The van der Waals surface area contributed by atoms with Crippen molar-refractivity contribution in [2.45, 2.75) is 37.5 Å². The highest BCUT2D eigenvalue weighted by atomic mass is 32.2. The van der Waals surface area contributed by atoms with Gasteiger partial charge in [0, 0.05) is 29.6 Å². The van der Waals surface area contributed by atoms with E-state index >= 15 is 0 Å². The van der Waals surface area contributed by atoms with Crippen LogP contribution in [0, 0.1) is 0 Å². The zero-order chi connectivity index (χ0) is 22.7. The maximum absolute atomic E-state index is 12.7. The van der Waals surface area contributed by atoms with E-state index in [0.29, 0.717) is 30.4 Å². The molecule has 0 unspecified atom stereocenters. The first-order valence-electron chi connectivity index (χ1n) is 10.4. The summed E-state index contributed by atoms with van der Waals surface area (Å²) in [6, 6.07) is 14.3. The van der Waals surface area contributed by atoms with Crippen molar-refractivity contribution in [3.8, 4) is 10.6 Å². The zero-order valence-electron chi connectivity index (χ0n) is 17.8. The van der Waals surface area contributed by atoms with Gasteiger partial charge in [-0.3, -0.25) is 14.5 Å². The van der Waals surface area contributed by atoms with E-state index in [0.717, 1.165) is 17.0 Å². The van der Waals surface area contributed by atoms with Crippen molar-refractivity contribution >= 4 is 38.8 Å². The molecule has 1 amide bonds. The number of carbonyl (C=O) groups is 1. The van der Waals surface area contributed by atoms with Gasteiger partial charge in [0.05, 0.1) is 4.90 Å². The highest BCUT2D eigenvalue weighted by molar-refractivity contribution is 7.90. The van der Waals surface area contributed by atoms with Gasteiger partial charge in [0.15, 0.2) is 0 Å². The quantitative estimate of drug-likeness (QED) is 0.550. The second-order valence-electron chi connectivity index (χ2n) is 7.83. The van der Waals surface area contributed by atoms with E-state index in [4.69, 9.17) is 0 Å². The number of thiazole rings is 1. The number of sulfonamides is 1. The Kier molecular flexibility index (Phi) is 6.38. The molecular formula is C23H24N4O3S2. The molecule has 0 saturated heterocycles. The van der Waals surface area contributed by atoms with Gasteiger partial charge in [-0.25, -0.2) is 13.4 Å². The molecule has 1 aliphatic rings. The number of rotatable bonds is 6. The summed E-state index contributed by atoms with van der Waals surface area (Å²) < 4.78 is 27.7. The predicted molar refractivity (Wildman–Crippen MR) is 128 cm³/mol. The number of anilines is 1. The molecule has 4 rings (SSSR count). The van der Waals surface area contributed by atoms with E-state index in [1.165, 1.54) is 29.0 Å². The predicted octanol–water partition coefficient (Wildman–Crippen LogP) is 4.66. The van der Waals surface area contributed by atoms with Gasteiger partial charge >= 0.3 is 0 Å². The van der Waals surface area contributed by atoms with Crippen LogP contribution in [0.2, 0.25) is 0 Å². The van der Waals surface area contributed by atoms with Crippen molar-refractivity contribution in [2.75, 3.05) is 11.9 Å². The lowest BCUT2D eigenvalue weighted by Gasteiger charge is -2.09. The third kappa shape index (κ3) is 5.05. The topological polar surface area (TPSA) is 101 Å². The van der Waals surface area contributed by atoms with Crippen LogP contribution in [0.15, 0.2) is 63.8 Å². The Labute approximate surface area is 191 Å². The SMILES string of the molecule is CC(C)c1ccc(-c2nc(C(=O)Nc3cccc(S(=O)(=O)NC4=NCCC4)c3)cs2)cc1. The molecule has 1 aliphatic heterocycles. The van der Waals surface area contributed by atoms with Crippen LogP contribution in [-0.4, -0.2) is 31.7 Å². The molecule has 0 fully saturated rings. The van der Waals surface area contributed by atoms with Crippen molar-refractivity contribution < 1.29 is 13.2 Å². The number of nitrogens with one attached hydrogen (secondary N) is 2. The molecule has 1 aromatic heterocycles. The van der Waals surface area contributed by atoms with E-state index in [-0.39, 0.29) is 10.6 Å². The molecule has 2 N–H and O–H groups in total. The summed E-state index contributed by atoms with van der Waals surface area (Å²) in [7, 11) is -3.75. The van der Waals surface area contributed by atoms with Crippen LogP contribution in [0.5, 0.6) is 0 Å². The van der Waals surface area contributed by atoms with Crippen LogP contribution in [0.25, 0.3) is 10.6 Å². The standard InChI is InChI=1S/C23H24N4O3S2/c1-15(2)16-8-10-17(11-9-16)23-26-20(14-31-23)22(28)25-18-5-3-6-19(13-18)32(29,30)27-21-7-4-12-24-21/h3,5-6,8-11,13-15H,4,7,12H2,1-2H3,(H,24,27)(H,25,28). The monoisotopic (exact) mass is 468 g/mol. The minimum atomic E-state index is -3.75. The van der Waals surface area contributed by atoms with Crippen molar-refractivity contribution in [1.29, 1.82) is 0 Å². The van der Waals surface area contributed by atoms with E-state index < -0.39 is 15.9 Å². The minimum absolute atomic E-state index is 0.0640. The summed E-state index contributed by atoms with van der Waals surface area (Å²) in [6.45, 7) is 4.91. The van der Waals surface area contributed by atoms with Gasteiger partial charge in [0.2, 0.25) is 0 Å². The number of aromatic nitrogens is 1. The van der Waals surface area contributed by atoms with E-state index in [1.807, 2.05) is 12.1 Å². The summed E-state index contributed by atoms with van der Waals surface area (Å²) in [4.78, 5) is 21.4. The molecule has 32 heavy (non-hydrogen) atoms. The molecule has 0 radical (unpaired) electrons. The number of hydrogen-bond acceptors (Lipinski definition) is 6. The molecular weight excluding hydrogens is 444 g/mol. The normalized spacial score (nSPS) is 13.8. The minimum Gasteiger partial charge on any atom is -0.321 e. The molecule has 9 heteroatoms. The molecule has 0 spiro atoms. The van der Waals surface area contributed by atoms with Crippen LogP contribution < -0.4 is 10.0 Å². The molecule has 3 aromatic rings. The van der Waals surface area contributed by atoms with Gasteiger partial charge < -0.3 is 5.32 Å². The second-order valence-corrected chi connectivity index (χ2v) is 10.4. The Morgan fingerprint density at radius 3 is 2.59 bits per heavy atom. The first-order chi connectivity index (χ1) is 15.3. The lowest BCUT2D eigenvalue weighted by atomic mass is 10.0. The number of aliphatic imine (C=N–C) groups is 1. The largest absolute Gasteiger partial charge is 0.321 e. The first kappa shape index (κ1) is 22.2. The van der Waals surface area contributed by atoms with Crippen molar-refractivity contribution in [2.24, 2.45) is 4.99 Å². The summed E-state index contributed by atoms with van der Waals surface area (Å²) in [5, 5.41) is 5.18. The van der Waals surface area contributed by atoms with E-state index in [1.54, 1.807) is 17.5 Å². The van der Waals surface area contributed by atoms with Crippen LogP contribution >= 0.6 is 11.3 Å². The average molecular weight is 469 g/mol. The van der Waals surface area contributed by atoms with Gasteiger partial charge in [-0.2, -0.15) is 0 Å². The van der Waals surface area contributed by atoms with Crippen molar-refractivity contribution in [1.82, 2.24) is 9.71 Å². The maximum Gasteiger partial charge on any atom is 0.275 e. The van der Waals surface area contributed by atoms with Crippen molar-refractivity contribution in [3.63, 3.8) is 0 Å². The fourth-order valence-corrected chi connectivity index (χ4v) is 5.23. The van der Waals surface area contributed by atoms with Gasteiger partial charge in [0.25, 0.3) is 15.9 Å². The molecule has 0 aliphatic carbocycles. The Morgan fingerprint density at radius 1 is 1.12 bits per heavy atom. The number of amidine groups is 1.